The van der Waals surface area contributed by atoms with E-state index in [1.54, 1.807) is 20.8 Å². The molecule has 1 aromatic heterocycles. The maximum absolute atomic E-state index is 14.0. The summed E-state index contributed by atoms with van der Waals surface area (Å²) in [5.74, 6) is -2.30. The van der Waals surface area contributed by atoms with Gasteiger partial charge in [-0.25, -0.2) is 9.78 Å². The highest BCUT2D eigenvalue weighted by atomic mass is 35.5. The van der Waals surface area contributed by atoms with Gasteiger partial charge in [0.2, 0.25) is 18.9 Å². The number of halogens is 1. The SMILES string of the molecule is CC(C)(C)OC(=O)CON=C(C(=O)NC1C(=O)N2CC(C=CCl)(C(=O)OC(c3ccccc3)c3ccccc3)CS[C@H]12)c1csc(NC=O)n1. The monoisotopic (exact) mass is 739 g/mol. The number of benzene rings is 2. The van der Waals surface area contributed by atoms with E-state index in [-0.39, 0.29) is 28.8 Å². The largest absolute Gasteiger partial charge is 0.457 e. The van der Waals surface area contributed by atoms with Gasteiger partial charge in [0.25, 0.3) is 5.91 Å². The van der Waals surface area contributed by atoms with Crippen LogP contribution >= 0.6 is 34.7 Å². The molecule has 3 amide bonds. The Morgan fingerprint density at radius 2 is 1.78 bits per heavy atom. The first kappa shape index (κ1) is 36.5. The van der Waals surface area contributed by atoms with Gasteiger partial charge < -0.3 is 29.8 Å². The highest BCUT2D eigenvalue weighted by molar-refractivity contribution is 8.00. The molecule has 50 heavy (non-hydrogen) atoms. The number of β-lactam (4-membered cyclic amide) rings is 1. The summed E-state index contributed by atoms with van der Waals surface area (Å²) in [6.45, 7) is 4.46. The molecular formula is C34H34ClN5O8S2. The summed E-state index contributed by atoms with van der Waals surface area (Å²) < 4.78 is 11.4. The molecule has 3 heterocycles. The van der Waals surface area contributed by atoms with Crippen LogP contribution in [0.25, 0.3) is 0 Å². The molecule has 2 aromatic carbocycles. The molecule has 13 nitrogen and oxygen atoms in total. The molecule has 262 valence electrons. The normalized spacial score (nSPS) is 20.5. The number of hydrogen-bond donors (Lipinski definition) is 2. The van der Waals surface area contributed by atoms with Gasteiger partial charge in [0.1, 0.15) is 28.1 Å². The number of rotatable bonds is 13. The Morgan fingerprint density at radius 1 is 1.12 bits per heavy atom. The van der Waals surface area contributed by atoms with E-state index >= 15 is 0 Å². The third-order valence-electron chi connectivity index (χ3n) is 7.51. The molecule has 5 rings (SSSR count). The second-order valence-electron chi connectivity index (χ2n) is 12.3. The van der Waals surface area contributed by atoms with Crippen molar-refractivity contribution in [1.29, 1.82) is 0 Å². The maximum Gasteiger partial charge on any atom is 0.347 e. The fourth-order valence-electron chi connectivity index (χ4n) is 5.25. The molecular weight excluding hydrogens is 706 g/mol. The first-order valence-corrected chi connectivity index (χ1v) is 17.7. The molecule has 3 atom stereocenters. The summed E-state index contributed by atoms with van der Waals surface area (Å²) in [5.41, 5.74) is 0.495. The average Bonchev–Trinajstić information content (AvgIpc) is 3.56. The first-order valence-electron chi connectivity index (χ1n) is 15.3. The van der Waals surface area contributed by atoms with E-state index in [4.69, 9.17) is 25.9 Å². The first-order chi connectivity index (χ1) is 23.9. The number of fused-ring (bicyclic) bond motifs is 1. The van der Waals surface area contributed by atoms with E-state index < -0.39 is 58.9 Å². The van der Waals surface area contributed by atoms with Gasteiger partial charge in [-0.2, -0.15) is 0 Å². The molecule has 3 aromatic rings. The summed E-state index contributed by atoms with van der Waals surface area (Å²) >= 11 is 8.36. The van der Waals surface area contributed by atoms with Crippen LogP contribution in [0.1, 0.15) is 43.7 Å². The van der Waals surface area contributed by atoms with Crippen molar-refractivity contribution in [3.8, 4) is 0 Å². The minimum absolute atomic E-state index is 0.0268. The standard InChI is InChI=1S/C34H34ClN5O8S2/c1-33(2,3)48-24(42)16-46-39-25(23-17-49-32(37-23)36-20-41)28(43)38-26-29(44)40-18-34(14-15-35,19-50-30(26)40)31(45)47-27(21-10-6-4-7-11-21)22-12-8-5-9-13-22/h4-15,17,20,26-27,30H,16,18-19H2,1-3H3,(H,38,43)(H,36,37,41)/t26?,30-,34?/m1/s1. The Hall–Kier alpha value is -4.73. The van der Waals surface area contributed by atoms with Gasteiger partial charge in [0.05, 0.1) is 0 Å². The lowest BCUT2D eigenvalue weighted by Gasteiger charge is -2.53. The summed E-state index contributed by atoms with van der Waals surface area (Å²) in [7, 11) is 0. The number of anilines is 1. The maximum atomic E-state index is 14.0. The topological polar surface area (TPSA) is 166 Å². The van der Waals surface area contributed by atoms with Crippen molar-refractivity contribution in [3.05, 3.63) is 94.5 Å². The van der Waals surface area contributed by atoms with Crippen LogP contribution in [0.2, 0.25) is 0 Å². The number of hydrogen-bond acceptors (Lipinski definition) is 12. The van der Waals surface area contributed by atoms with Crippen molar-refractivity contribution in [1.82, 2.24) is 15.2 Å². The highest BCUT2D eigenvalue weighted by Crippen LogP contribution is 2.44. The second-order valence-corrected chi connectivity index (χ2v) is 14.5. The van der Waals surface area contributed by atoms with Gasteiger partial charge in [0.15, 0.2) is 16.9 Å². The molecule has 2 unspecified atom stereocenters. The number of thioether (sulfide) groups is 1. The van der Waals surface area contributed by atoms with Crippen molar-refractivity contribution >= 4 is 75.7 Å². The van der Waals surface area contributed by atoms with E-state index in [0.29, 0.717) is 6.41 Å². The van der Waals surface area contributed by atoms with Gasteiger partial charge in [-0.3, -0.25) is 19.2 Å². The molecule has 2 N–H and O–H groups in total. The van der Waals surface area contributed by atoms with Gasteiger partial charge >= 0.3 is 11.9 Å². The van der Waals surface area contributed by atoms with Crippen molar-refractivity contribution in [2.24, 2.45) is 10.6 Å². The molecule has 0 spiro atoms. The minimum Gasteiger partial charge on any atom is -0.457 e. The van der Waals surface area contributed by atoms with Crippen molar-refractivity contribution in [2.75, 3.05) is 24.2 Å². The quantitative estimate of drug-likeness (QED) is 0.0852. The van der Waals surface area contributed by atoms with Gasteiger partial charge in [-0.05, 0) is 31.9 Å². The van der Waals surface area contributed by atoms with Crippen LogP contribution in [0.4, 0.5) is 5.13 Å². The number of nitrogens with zero attached hydrogens (tertiary/aromatic N) is 3. The summed E-state index contributed by atoms with van der Waals surface area (Å²) in [6, 6.07) is 17.7. The number of carbonyl (C=O) groups excluding carboxylic acids is 5. The van der Waals surface area contributed by atoms with Gasteiger partial charge in [0, 0.05) is 23.2 Å². The Kier molecular flexibility index (Phi) is 11.6. The van der Waals surface area contributed by atoms with Gasteiger partial charge in [-0.1, -0.05) is 83.5 Å². The Labute approximate surface area is 301 Å². The second kappa shape index (κ2) is 15.9. The minimum atomic E-state index is -1.26. The molecule has 2 aliphatic rings. The lowest BCUT2D eigenvalue weighted by Crippen LogP contribution is -2.74. The Balaban J connectivity index is 1.30. The Bertz CT molecular complexity index is 1740. The summed E-state index contributed by atoms with van der Waals surface area (Å²) in [5, 5.41) is 10.1. The van der Waals surface area contributed by atoms with Crippen LogP contribution < -0.4 is 10.6 Å². The fraction of sp³-hybridized carbons (Fsp3) is 0.324. The lowest BCUT2D eigenvalue weighted by molar-refractivity contribution is -0.162. The van der Waals surface area contributed by atoms with E-state index in [9.17, 15) is 24.0 Å². The molecule has 0 bridgehead atoms. The summed E-state index contributed by atoms with van der Waals surface area (Å²) in [6.07, 6.45) is 1.27. The van der Waals surface area contributed by atoms with Crippen LogP contribution in [-0.4, -0.2) is 81.7 Å². The Morgan fingerprint density at radius 3 is 2.38 bits per heavy atom. The highest BCUT2D eigenvalue weighted by Gasteiger charge is 2.57. The molecule has 0 radical (unpaired) electrons. The van der Waals surface area contributed by atoms with Crippen LogP contribution in [0.5, 0.6) is 0 Å². The van der Waals surface area contributed by atoms with Crippen molar-refractivity contribution < 1.29 is 38.3 Å². The van der Waals surface area contributed by atoms with Gasteiger partial charge in [-0.15, -0.1) is 23.1 Å². The summed E-state index contributed by atoms with van der Waals surface area (Å²) in [4.78, 5) is 74.8. The average molecular weight is 740 g/mol. The van der Waals surface area contributed by atoms with Crippen LogP contribution in [-0.2, 0) is 38.3 Å². The number of nitrogens with one attached hydrogen (secondary N) is 2. The van der Waals surface area contributed by atoms with Crippen LogP contribution in [0, 0.1) is 5.41 Å². The number of carbonyl (C=O) groups is 5. The number of esters is 2. The molecule has 2 saturated heterocycles. The number of aromatic nitrogens is 1. The third kappa shape index (κ3) is 8.52. The zero-order valence-corrected chi connectivity index (χ0v) is 29.6. The number of ether oxygens (including phenoxy) is 2. The lowest BCUT2D eigenvalue weighted by atomic mass is 9.87. The number of oxime groups is 1. The molecule has 0 saturated carbocycles. The van der Waals surface area contributed by atoms with E-state index in [2.05, 4.69) is 20.8 Å². The third-order valence-corrected chi connectivity index (χ3v) is 9.96. The predicted molar refractivity (Wildman–Crippen MR) is 188 cm³/mol. The zero-order chi connectivity index (χ0) is 35.9. The van der Waals surface area contributed by atoms with Crippen LogP contribution in [0.3, 0.4) is 0 Å². The van der Waals surface area contributed by atoms with Crippen molar-refractivity contribution in [3.63, 3.8) is 0 Å². The predicted octanol–water partition coefficient (Wildman–Crippen LogP) is 4.25. The van der Waals surface area contributed by atoms with Crippen molar-refractivity contribution in [2.45, 2.75) is 43.9 Å². The molecule has 16 heteroatoms. The molecule has 2 fully saturated rings. The molecule has 2 aliphatic heterocycles. The smallest absolute Gasteiger partial charge is 0.347 e. The van der Waals surface area contributed by atoms with E-state index in [0.717, 1.165) is 22.5 Å². The van der Waals surface area contributed by atoms with E-state index in [1.807, 2.05) is 60.7 Å². The fourth-order valence-corrected chi connectivity index (χ4v) is 7.65. The molecule has 0 aliphatic carbocycles. The van der Waals surface area contributed by atoms with Crippen LogP contribution in [0.15, 0.2) is 82.8 Å². The van der Waals surface area contributed by atoms with E-state index in [1.165, 1.54) is 33.7 Å². The number of thiazole rings is 1. The number of amides is 3. The zero-order valence-electron chi connectivity index (χ0n) is 27.2.